The van der Waals surface area contributed by atoms with Crippen molar-refractivity contribution in [1.82, 2.24) is 14.9 Å². The third-order valence-corrected chi connectivity index (χ3v) is 4.11. The highest BCUT2D eigenvalue weighted by molar-refractivity contribution is 6.01. The van der Waals surface area contributed by atoms with Gasteiger partial charge in [0.15, 0.2) is 11.5 Å². The van der Waals surface area contributed by atoms with Crippen molar-refractivity contribution < 1.29 is 19.1 Å². The molecule has 3 aromatic rings. The summed E-state index contributed by atoms with van der Waals surface area (Å²) in [6.45, 7) is 0.587. The van der Waals surface area contributed by atoms with Gasteiger partial charge in [-0.15, -0.1) is 0 Å². The van der Waals surface area contributed by atoms with E-state index in [1.807, 2.05) is 0 Å². The van der Waals surface area contributed by atoms with Crippen LogP contribution in [0.25, 0.3) is 11.0 Å². The molecule has 4 rings (SSSR count). The lowest BCUT2D eigenvalue weighted by Crippen LogP contribution is -2.38. The number of nitrogens with zero attached hydrogens (tertiary/aromatic N) is 2. The summed E-state index contributed by atoms with van der Waals surface area (Å²) in [6.07, 6.45) is 1.14. The number of anilines is 1. The van der Waals surface area contributed by atoms with Crippen molar-refractivity contribution in [2.45, 2.75) is 6.54 Å². The molecule has 1 aliphatic rings. The second-order valence-electron chi connectivity index (χ2n) is 6.03. The van der Waals surface area contributed by atoms with E-state index in [1.165, 1.54) is 4.57 Å². The van der Waals surface area contributed by atoms with E-state index in [0.29, 0.717) is 41.4 Å². The number of amides is 3. The molecule has 1 aliphatic heterocycles. The predicted molar refractivity (Wildman–Crippen MR) is 101 cm³/mol. The number of carbonyl (C=O) groups is 2. The molecule has 0 aliphatic carbocycles. The van der Waals surface area contributed by atoms with Gasteiger partial charge in [0, 0.05) is 11.8 Å². The fraction of sp³-hybridized carbons (Fsp3) is 0.158. The van der Waals surface area contributed by atoms with E-state index in [4.69, 9.17) is 9.47 Å². The number of rotatable bonds is 3. The van der Waals surface area contributed by atoms with Crippen LogP contribution in [0, 0.1) is 0 Å². The number of aromatic nitrogens is 2. The Morgan fingerprint density at radius 1 is 1.07 bits per heavy atom. The number of ether oxygens (including phenoxy) is 2. The smallest absolute Gasteiger partial charge is 0.325 e. The molecule has 2 N–H and O–H groups in total. The molecule has 2 heterocycles. The lowest BCUT2D eigenvalue weighted by Gasteiger charge is -2.19. The lowest BCUT2D eigenvalue weighted by molar-refractivity contribution is -0.120. The molecule has 0 radical (unpaired) electrons. The Balaban J connectivity index is 1.44. The van der Waals surface area contributed by atoms with Crippen LogP contribution in [0.3, 0.4) is 0 Å². The van der Waals surface area contributed by atoms with Crippen molar-refractivity contribution >= 4 is 28.7 Å². The van der Waals surface area contributed by atoms with E-state index in [1.54, 1.807) is 42.5 Å². The molecule has 1 aromatic heterocycles. The summed E-state index contributed by atoms with van der Waals surface area (Å²) in [6, 6.07) is 11.2. The van der Waals surface area contributed by atoms with Crippen molar-refractivity contribution in [3.05, 3.63) is 59.0 Å². The summed E-state index contributed by atoms with van der Waals surface area (Å²) < 4.78 is 12.1. The van der Waals surface area contributed by atoms with Crippen LogP contribution in [-0.4, -0.2) is 34.7 Å². The van der Waals surface area contributed by atoms with Gasteiger partial charge in [0.2, 0.25) is 5.91 Å². The van der Waals surface area contributed by atoms with Crippen LogP contribution in [0.5, 0.6) is 11.5 Å². The third kappa shape index (κ3) is 3.63. The summed E-state index contributed by atoms with van der Waals surface area (Å²) in [4.78, 5) is 40.5. The normalized spacial score (nSPS) is 12.4. The van der Waals surface area contributed by atoms with Gasteiger partial charge in [0.1, 0.15) is 19.8 Å². The molecule has 142 valence electrons. The first-order valence-electron chi connectivity index (χ1n) is 8.55. The molecule has 9 nitrogen and oxygen atoms in total. The summed E-state index contributed by atoms with van der Waals surface area (Å²) in [5, 5.41) is 4.76. The first kappa shape index (κ1) is 17.5. The van der Waals surface area contributed by atoms with Crippen LogP contribution in [0.15, 0.2) is 53.5 Å². The van der Waals surface area contributed by atoms with Crippen molar-refractivity contribution in [3.8, 4) is 11.5 Å². The van der Waals surface area contributed by atoms with Crippen molar-refractivity contribution in [1.29, 1.82) is 0 Å². The number of benzene rings is 2. The van der Waals surface area contributed by atoms with Crippen LogP contribution < -0.4 is 25.7 Å². The van der Waals surface area contributed by atoms with E-state index in [9.17, 15) is 14.4 Å². The quantitative estimate of drug-likeness (QED) is 0.713. The Hall–Kier alpha value is -3.88. The van der Waals surface area contributed by atoms with Crippen molar-refractivity contribution in [2.24, 2.45) is 0 Å². The highest BCUT2D eigenvalue weighted by atomic mass is 16.6. The summed E-state index contributed by atoms with van der Waals surface area (Å²) in [5.41, 5.74) is 1.11. The first-order valence-corrected chi connectivity index (χ1v) is 8.55. The van der Waals surface area contributed by atoms with Gasteiger partial charge < -0.3 is 14.8 Å². The molecular formula is C19H16N4O5. The molecule has 0 saturated heterocycles. The molecule has 0 unspecified atom stereocenters. The van der Waals surface area contributed by atoms with Gasteiger partial charge >= 0.3 is 6.03 Å². The van der Waals surface area contributed by atoms with Gasteiger partial charge in [0.25, 0.3) is 5.56 Å². The van der Waals surface area contributed by atoms with E-state index < -0.39 is 17.5 Å². The number of para-hydroxylation sites is 2. The number of carbonyl (C=O) groups excluding carboxylic acids is 2. The van der Waals surface area contributed by atoms with Crippen LogP contribution in [0.2, 0.25) is 0 Å². The van der Waals surface area contributed by atoms with Gasteiger partial charge in [-0.25, -0.2) is 9.78 Å². The van der Waals surface area contributed by atoms with Gasteiger partial charge in [0.05, 0.1) is 17.2 Å². The number of nitrogens with one attached hydrogen (secondary N) is 2. The zero-order chi connectivity index (χ0) is 19.5. The highest BCUT2D eigenvalue weighted by Crippen LogP contribution is 2.32. The maximum absolute atomic E-state index is 12.2. The number of urea groups is 1. The van der Waals surface area contributed by atoms with E-state index in [2.05, 4.69) is 15.6 Å². The Kier molecular flexibility index (Phi) is 4.63. The average Bonchev–Trinajstić information content (AvgIpc) is 2.70. The minimum atomic E-state index is -0.715. The van der Waals surface area contributed by atoms with E-state index in [0.717, 1.165) is 6.20 Å². The van der Waals surface area contributed by atoms with Crippen LogP contribution >= 0.6 is 0 Å². The van der Waals surface area contributed by atoms with Gasteiger partial charge in [-0.3, -0.25) is 19.5 Å². The fourth-order valence-corrected chi connectivity index (χ4v) is 2.87. The molecule has 2 aromatic carbocycles. The first-order chi connectivity index (χ1) is 13.6. The Morgan fingerprint density at radius 3 is 2.71 bits per heavy atom. The minimum Gasteiger partial charge on any atom is -0.486 e. The standard InChI is InChI=1S/C19H16N4O5/c24-17(11-23-14-4-2-1-3-13(14)20-10-18(23)25)22-19(26)21-12-5-6-15-16(9-12)28-8-7-27-15/h1-6,9-10H,7-8,11H2,(H2,21,22,24,26). The van der Waals surface area contributed by atoms with Gasteiger partial charge in [-0.1, -0.05) is 12.1 Å². The number of fused-ring (bicyclic) bond motifs is 2. The number of imide groups is 1. The highest BCUT2D eigenvalue weighted by Gasteiger charge is 2.15. The summed E-state index contributed by atoms with van der Waals surface area (Å²) >= 11 is 0. The third-order valence-electron chi connectivity index (χ3n) is 4.11. The predicted octanol–water partition coefficient (Wildman–Crippen LogP) is 1.52. The van der Waals surface area contributed by atoms with E-state index >= 15 is 0 Å². The molecule has 0 bridgehead atoms. The largest absolute Gasteiger partial charge is 0.486 e. The van der Waals surface area contributed by atoms with Crippen LogP contribution in [0.4, 0.5) is 10.5 Å². The van der Waals surface area contributed by atoms with Gasteiger partial charge in [-0.05, 0) is 24.3 Å². The molecule has 0 atom stereocenters. The molecular weight excluding hydrogens is 364 g/mol. The second-order valence-corrected chi connectivity index (χ2v) is 6.03. The lowest BCUT2D eigenvalue weighted by atomic mass is 10.2. The fourth-order valence-electron chi connectivity index (χ4n) is 2.87. The second kappa shape index (κ2) is 7.39. The molecule has 28 heavy (non-hydrogen) atoms. The minimum absolute atomic E-state index is 0.309. The van der Waals surface area contributed by atoms with Crippen molar-refractivity contribution in [2.75, 3.05) is 18.5 Å². The van der Waals surface area contributed by atoms with Crippen LogP contribution in [0.1, 0.15) is 0 Å². The number of hydrogen-bond acceptors (Lipinski definition) is 6. The van der Waals surface area contributed by atoms with Gasteiger partial charge in [-0.2, -0.15) is 0 Å². The molecule has 0 fully saturated rings. The van der Waals surface area contributed by atoms with Crippen LogP contribution in [-0.2, 0) is 11.3 Å². The maximum Gasteiger partial charge on any atom is 0.325 e. The Morgan fingerprint density at radius 2 is 1.86 bits per heavy atom. The summed E-state index contributed by atoms with van der Waals surface area (Å²) in [5.74, 6) is 0.482. The number of hydrogen-bond donors (Lipinski definition) is 2. The zero-order valence-electron chi connectivity index (χ0n) is 14.7. The Labute approximate surface area is 158 Å². The van der Waals surface area contributed by atoms with Crippen molar-refractivity contribution in [3.63, 3.8) is 0 Å². The molecule has 0 spiro atoms. The maximum atomic E-state index is 12.2. The van der Waals surface area contributed by atoms with E-state index in [-0.39, 0.29) is 6.54 Å². The SMILES string of the molecule is O=C(Cn1c(=O)cnc2ccccc21)NC(=O)Nc1ccc2c(c1)OCCO2. The topological polar surface area (TPSA) is 112 Å². The Bertz CT molecular complexity index is 1120. The zero-order valence-corrected chi connectivity index (χ0v) is 14.7. The molecule has 0 saturated carbocycles. The molecule has 3 amide bonds. The summed E-state index contributed by atoms with van der Waals surface area (Å²) in [7, 11) is 0. The monoisotopic (exact) mass is 380 g/mol. The molecule has 9 heteroatoms. The average molecular weight is 380 g/mol.